The molecule has 0 aliphatic rings. The Kier molecular flexibility index (Phi) is 10.9. The van der Waals surface area contributed by atoms with E-state index in [9.17, 15) is 5.11 Å². The van der Waals surface area contributed by atoms with Crippen LogP contribution in [-0.2, 0) is 4.74 Å². The second-order valence-electron chi connectivity index (χ2n) is 4.14. The molecule has 0 aromatic rings. The van der Waals surface area contributed by atoms with Crippen molar-refractivity contribution in [3.05, 3.63) is 0 Å². The fourth-order valence-electron chi connectivity index (χ4n) is 1.11. The van der Waals surface area contributed by atoms with Crippen molar-refractivity contribution in [3.8, 4) is 0 Å². The molecule has 0 aliphatic carbocycles. The lowest BCUT2D eigenvalue weighted by Gasteiger charge is -2.13. The van der Waals surface area contributed by atoms with E-state index in [2.05, 4.69) is 25.4 Å². The van der Waals surface area contributed by atoms with Crippen molar-refractivity contribution in [2.75, 3.05) is 38.3 Å². The molecular weight excluding hydrogens is 210 g/mol. The monoisotopic (exact) mass is 235 g/mol. The predicted molar refractivity (Wildman–Crippen MR) is 67.5 cm³/mol. The van der Waals surface area contributed by atoms with Gasteiger partial charge in [-0.15, -0.1) is 0 Å². The van der Waals surface area contributed by atoms with Gasteiger partial charge in [0.1, 0.15) is 0 Å². The molecule has 1 unspecified atom stereocenters. The highest BCUT2D eigenvalue weighted by Crippen LogP contribution is 1.95. The number of hydrogen-bond acceptors (Lipinski definition) is 4. The van der Waals surface area contributed by atoms with E-state index in [0.717, 1.165) is 19.6 Å². The van der Waals surface area contributed by atoms with Gasteiger partial charge < -0.3 is 15.2 Å². The molecule has 3 nitrogen and oxygen atoms in total. The van der Waals surface area contributed by atoms with Crippen LogP contribution >= 0.6 is 11.8 Å². The highest BCUT2D eigenvalue weighted by molar-refractivity contribution is 7.98. The molecule has 0 aromatic carbocycles. The van der Waals surface area contributed by atoms with E-state index in [-0.39, 0.29) is 6.10 Å². The van der Waals surface area contributed by atoms with Gasteiger partial charge in [0.2, 0.25) is 0 Å². The fraction of sp³-hybridized carbons (Fsp3) is 1.00. The lowest BCUT2D eigenvalue weighted by atomic mass is 10.2. The lowest BCUT2D eigenvalue weighted by Crippen LogP contribution is -2.31. The van der Waals surface area contributed by atoms with Crippen LogP contribution in [-0.4, -0.2) is 49.5 Å². The highest BCUT2D eigenvalue weighted by Gasteiger charge is 2.03. The van der Waals surface area contributed by atoms with Crippen molar-refractivity contribution < 1.29 is 9.84 Å². The number of ether oxygens (including phenoxy) is 1. The zero-order valence-electron chi connectivity index (χ0n) is 10.2. The smallest absolute Gasteiger partial charge is 0.0897 e. The molecule has 2 N–H and O–H groups in total. The van der Waals surface area contributed by atoms with Gasteiger partial charge >= 0.3 is 0 Å². The summed E-state index contributed by atoms with van der Waals surface area (Å²) in [7, 11) is 0. The van der Waals surface area contributed by atoms with E-state index < -0.39 is 0 Å². The Balaban J connectivity index is 3.15. The van der Waals surface area contributed by atoms with Crippen LogP contribution in [0.2, 0.25) is 0 Å². The van der Waals surface area contributed by atoms with Gasteiger partial charge in [0.25, 0.3) is 0 Å². The molecule has 0 saturated carbocycles. The van der Waals surface area contributed by atoms with Gasteiger partial charge in [0.15, 0.2) is 0 Å². The quantitative estimate of drug-likeness (QED) is 0.561. The van der Waals surface area contributed by atoms with Gasteiger partial charge in [-0.1, -0.05) is 13.8 Å². The van der Waals surface area contributed by atoms with Gasteiger partial charge in [-0.3, -0.25) is 0 Å². The van der Waals surface area contributed by atoms with Crippen LogP contribution in [0.3, 0.4) is 0 Å². The number of aliphatic hydroxyl groups is 1. The molecule has 92 valence electrons. The largest absolute Gasteiger partial charge is 0.389 e. The van der Waals surface area contributed by atoms with E-state index in [1.807, 2.05) is 11.8 Å². The molecule has 0 fully saturated rings. The van der Waals surface area contributed by atoms with E-state index in [1.54, 1.807) is 0 Å². The van der Waals surface area contributed by atoms with Crippen LogP contribution < -0.4 is 5.32 Å². The molecule has 0 radical (unpaired) electrons. The summed E-state index contributed by atoms with van der Waals surface area (Å²) in [5.41, 5.74) is 0. The zero-order valence-corrected chi connectivity index (χ0v) is 11.0. The summed E-state index contributed by atoms with van der Waals surface area (Å²) in [6, 6.07) is 0. The summed E-state index contributed by atoms with van der Waals surface area (Å²) in [6.45, 7) is 6.98. The third-order valence-corrected chi connectivity index (χ3v) is 2.54. The number of hydrogen-bond donors (Lipinski definition) is 2. The fourth-order valence-corrected chi connectivity index (χ4v) is 1.54. The normalized spacial score (nSPS) is 13.4. The van der Waals surface area contributed by atoms with E-state index >= 15 is 0 Å². The molecule has 1 atom stereocenters. The van der Waals surface area contributed by atoms with E-state index in [1.165, 1.54) is 5.75 Å². The summed E-state index contributed by atoms with van der Waals surface area (Å²) < 4.78 is 5.34. The molecule has 0 aromatic heterocycles. The Morgan fingerprint density at radius 1 is 1.33 bits per heavy atom. The van der Waals surface area contributed by atoms with Crippen molar-refractivity contribution in [3.63, 3.8) is 0 Å². The molecular formula is C11H25NO2S. The van der Waals surface area contributed by atoms with Gasteiger partial charge in [-0.25, -0.2) is 0 Å². The van der Waals surface area contributed by atoms with Crippen LogP contribution in [0, 0.1) is 5.92 Å². The molecule has 0 saturated heterocycles. The second kappa shape index (κ2) is 10.7. The Labute approximate surface area is 98.0 Å². The van der Waals surface area contributed by atoms with Crippen molar-refractivity contribution in [1.29, 1.82) is 0 Å². The minimum absolute atomic E-state index is 0.377. The molecule has 0 bridgehead atoms. The highest BCUT2D eigenvalue weighted by atomic mass is 32.2. The van der Waals surface area contributed by atoms with Crippen LogP contribution in [0.1, 0.15) is 20.3 Å². The van der Waals surface area contributed by atoms with Crippen LogP contribution in [0.15, 0.2) is 0 Å². The zero-order chi connectivity index (χ0) is 11.5. The molecule has 0 heterocycles. The number of rotatable bonds is 10. The Morgan fingerprint density at radius 3 is 2.67 bits per heavy atom. The van der Waals surface area contributed by atoms with Gasteiger partial charge in [-0.05, 0) is 30.9 Å². The number of thioether (sulfide) groups is 1. The van der Waals surface area contributed by atoms with Crippen molar-refractivity contribution in [1.82, 2.24) is 5.32 Å². The van der Waals surface area contributed by atoms with Crippen LogP contribution in [0.25, 0.3) is 0 Å². The molecule has 4 heteroatoms. The number of nitrogens with one attached hydrogen (secondary N) is 1. The van der Waals surface area contributed by atoms with Crippen molar-refractivity contribution in [2.24, 2.45) is 5.92 Å². The molecule has 0 aliphatic heterocycles. The molecule has 0 rings (SSSR count). The molecule has 15 heavy (non-hydrogen) atoms. The summed E-state index contributed by atoms with van der Waals surface area (Å²) >= 11 is 1.85. The Morgan fingerprint density at radius 2 is 2.07 bits per heavy atom. The minimum Gasteiger partial charge on any atom is -0.389 e. The maximum Gasteiger partial charge on any atom is 0.0897 e. The number of aliphatic hydroxyl groups excluding tert-OH is 1. The van der Waals surface area contributed by atoms with Crippen LogP contribution in [0.4, 0.5) is 0 Å². The maximum atomic E-state index is 9.53. The summed E-state index contributed by atoms with van der Waals surface area (Å²) in [4.78, 5) is 0. The SMILES string of the molecule is CSCCCNCC(O)COCC(C)C. The van der Waals surface area contributed by atoms with E-state index in [4.69, 9.17) is 4.74 Å². The Hall–Kier alpha value is 0.230. The first-order chi connectivity index (χ1) is 7.16. The van der Waals surface area contributed by atoms with Crippen molar-refractivity contribution >= 4 is 11.8 Å². The first-order valence-electron chi connectivity index (χ1n) is 5.62. The average Bonchev–Trinajstić information content (AvgIpc) is 2.17. The molecule has 0 spiro atoms. The predicted octanol–water partition coefficient (Wildman–Crippen LogP) is 1.36. The van der Waals surface area contributed by atoms with Gasteiger partial charge in [-0.2, -0.15) is 11.8 Å². The topological polar surface area (TPSA) is 41.5 Å². The van der Waals surface area contributed by atoms with E-state index in [0.29, 0.717) is 19.1 Å². The first-order valence-corrected chi connectivity index (χ1v) is 7.01. The molecule has 0 amide bonds. The second-order valence-corrected chi connectivity index (χ2v) is 5.12. The van der Waals surface area contributed by atoms with Crippen molar-refractivity contribution in [2.45, 2.75) is 26.4 Å². The van der Waals surface area contributed by atoms with Crippen LogP contribution in [0.5, 0.6) is 0 Å². The third kappa shape index (κ3) is 12.2. The van der Waals surface area contributed by atoms with Gasteiger partial charge in [0, 0.05) is 13.2 Å². The third-order valence-electron chi connectivity index (χ3n) is 1.84. The summed E-state index contributed by atoms with van der Waals surface area (Å²) in [6.07, 6.45) is 2.88. The summed E-state index contributed by atoms with van der Waals surface area (Å²) in [5, 5.41) is 12.7. The lowest BCUT2D eigenvalue weighted by molar-refractivity contribution is 0.0263. The first kappa shape index (κ1) is 15.2. The average molecular weight is 235 g/mol. The summed E-state index contributed by atoms with van der Waals surface area (Å²) in [5.74, 6) is 1.71. The standard InChI is InChI=1S/C11H25NO2S/c1-10(2)8-14-9-11(13)7-12-5-4-6-15-3/h10-13H,4-9H2,1-3H3. The van der Waals surface area contributed by atoms with Gasteiger partial charge in [0.05, 0.1) is 12.7 Å². The Bertz CT molecular complexity index is 134. The minimum atomic E-state index is -0.377. The maximum absolute atomic E-state index is 9.53.